The summed E-state index contributed by atoms with van der Waals surface area (Å²) in [4.78, 5) is 62.2. The zero-order chi connectivity index (χ0) is 39.4. The summed E-state index contributed by atoms with van der Waals surface area (Å²) in [5, 5.41) is 5.76. The van der Waals surface area contributed by atoms with Gasteiger partial charge < -0.3 is 48.8 Å². The first-order chi connectivity index (χ1) is 26.9. The smallest absolute Gasteiger partial charge is 0.256 e. The summed E-state index contributed by atoms with van der Waals surface area (Å²) in [6.07, 6.45) is 4.00. The van der Waals surface area contributed by atoms with Gasteiger partial charge in [-0.1, -0.05) is 0 Å². The largest absolute Gasteiger partial charge is 0.487 e. The standard InChI is InChI=1S/C40H48F2N8O6/c1-23-21-55-37-31-25(17-29(41)33(37)47-13-9-45(3)10-14-47)35(51)27(19-49(23)31)39(53)43-7-5-6-8-44-40(54)28-20-50-24(2)22-56-38-32(50)26(36(28)52)18-30(42)34(38)48-15-11-46(4)12-16-48/h17-20,23-24H,5-16,21-22H2,1-4H3,(H,43,53)(H,44,54)/t23-,24-/m0/s1. The quantitative estimate of drug-likeness (QED) is 0.245. The molecule has 4 aromatic rings. The molecule has 2 N–H and O–H groups in total. The number of carbonyl (C=O) groups is 2. The molecule has 8 rings (SSSR count). The summed E-state index contributed by atoms with van der Waals surface area (Å²) in [5.74, 6) is -1.61. The second-order valence-corrected chi connectivity index (χ2v) is 15.5. The highest BCUT2D eigenvalue weighted by Gasteiger charge is 2.33. The highest BCUT2D eigenvalue weighted by atomic mass is 19.1. The second-order valence-electron chi connectivity index (χ2n) is 15.5. The van der Waals surface area contributed by atoms with Crippen LogP contribution in [0.4, 0.5) is 20.2 Å². The molecule has 4 aliphatic heterocycles. The minimum Gasteiger partial charge on any atom is -0.487 e. The Morgan fingerprint density at radius 1 is 0.661 bits per heavy atom. The molecular formula is C40H48F2N8O6. The van der Waals surface area contributed by atoms with E-state index in [1.807, 2.05) is 46.9 Å². The highest BCUT2D eigenvalue weighted by molar-refractivity contribution is 6.01. The predicted molar refractivity (Wildman–Crippen MR) is 210 cm³/mol. The zero-order valence-electron chi connectivity index (χ0n) is 32.3. The van der Waals surface area contributed by atoms with Gasteiger partial charge in [0.1, 0.15) is 35.7 Å². The van der Waals surface area contributed by atoms with Crippen LogP contribution in [0, 0.1) is 11.6 Å². The van der Waals surface area contributed by atoms with Crippen LogP contribution in [0.5, 0.6) is 11.5 Å². The van der Waals surface area contributed by atoms with Crippen molar-refractivity contribution in [1.29, 1.82) is 0 Å². The Labute approximate surface area is 322 Å². The SMILES string of the molecule is C[C@H]1COc2c(N3CCN(C)CC3)c(F)cc3c(=O)c(C(=O)NCCCCNC(=O)c4cn5c6c(c(N7CCN(C)CC7)c(F)cc6c4=O)OC[C@@H]5C)cn1c23. The van der Waals surface area contributed by atoms with Gasteiger partial charge in [0.15, 0.2) is 23.1 Å². The number of pyridine rings is 2. The number of amides is 2. The maximum absolute atomic E-state index is 15.7. The Bertz CT molecular complexity index is 2190. The molecular weight excluding hydrogens is 726 g/mol. The Balaban J connectivity index is 0.927. The first kappa shape index (κ1) is 37.7. The van der Waals surface area contributed by atoms with Crippen LogP contribution in [-0.2, 0) is 0 Å². The Kier molecular flexibility index (Phi) is 10.1. The van der Waals surface area contributed by atoms with Crippen molar-refractivity contribution in [2.75, 3.05) is 103 Å². The Hall–Kier alpha value is -5.22. The first-order valence-electron chi connectivity index (χ1n) is 19.4. The number of halogens is 2. The van der Waals surface area contributed by atoms with Crippen molar-refractivity contribution in [1.82, 2.24) is 29.6 Å². The van der Waals surface area contributed by atoms with Crippen LogP contribution < -0.4 is 40.8 Å². The lowest BCUT2D eigenvalue weighted by Crippen LogP contribution is -2.45. The number of unbranched alkanes of at least 4 members (excludes halogenated alkanes) is 1. The molecule has 4 aliphatic rings. The van der Waals surface area contributed by atoms with Gasteiger partial charge in [-0.2, -0.15) is 0 Å². The van der Waals surface area contributed by atoms with Gasteiger partial charge in [-0.25, -0.2) is 8.78 Å². The van der Waals surface area contributed by atoms with E-state index in [9.17, 15) is 19.2 Å². The van der Waals surface area contributed by atoms with Crippen LogP contribution in [0.15, 0.2) is 34.1 Å². The summed E-state index contributed by atoms with van der Waals surface area (Å²) >= 11 is 0. The number of piperazine rings is 2. The molecule has 2 fully saturated rings. The van der Waals surface area contributed by atoms with E-state index in [1.165, 1.54) is 24.5 Å². The number of hydrogen-bond acceptors (Lipinski definition) is 10. The first-order valence-corrected chi connectivity index (χ1v) is 19.4. The summed E-state index contributed by atoms with van der Waals surface area (Å²) in [6, 6.07) is 2.05. The Morgan fingerprint density at radius 3 is 1.41 bits per heavy atom. The van der Waals surface area contributed by atoms with Crippen molar-refractivity contribution in [2.24, 2.45) is 0 Å². The van der Waals surface area contributed by atoms with E-state index in [0.29, 0.717) is 72.9 Å². The number of likely N-dealkylation sites (N-methyl/N-ethyl adjacent to an activating group) is 2. The van der Waals surface area contributed by atoms with Crippen LogP contribution in [0.1, 0.15) is 59.5 Å². The average molecular weight is 775 g/mol. The second kappa shape index (κ2) is 15.0. The predicted octanol–water partition coefficient (Wildman–Crippen LogP) is 2.95. The maximum atomic E-state index is 15.7. The molecule has 2 aromatic heterocycles. The molecule has 56 heavy (non-hydrogen) atoms. The molecule has 0 aliphatic carbocycles. The summed E-state index contributed by atoms with van der Waals surface area (Å²) in [5.41, 5.74) is 0.323. The van der Waals surface area contributed by atoms with E-state index in [2.05, 4.69) is 20.4 Å². The van der Waals surface area contributed by atoms with Crippen LogP contribution in [0.3, 0.4) is 0 Å². The molecule has 2 saturated heterocycles. The van der Waals surface area contributed by atoms with Crippen molar-refractivity contribution in [3.05, 3.63) is 67.7 Å². The number of benzene rings is 2. The molecule has 2 amide bonds. The molecule has 0 saturated carbocycles. The van der Waals surface area contributed by atoms with Gasteiger partial charge in [-0.15, -0.1) is 0 Å². The number of anilines is 2. The number of carbonyl (C=O) groups excluding carboxylic acids is 2. The average Bonchev–Trinajstić information content (AvgIpc) is 3.18. The third-order valence-corrected chi connectivity index (χ3v) is 11.6. The monoisotopic (exact) mass is 774 g/mol. The number of nitrogens with one attached hydrogen (secondary N) is 2. The Morgan fingerprint density at radius 2 is 1.04 bits per heavy atom. The highest BCUT2D eigenvalue weighted by Crippen LogP contribution is 2.43. The normalized spacial score (nSPS) is 19.9. The lowest BCUT2D eigenvalue weighted by Gasteiger charge is -2.37. The van der Waals surface area contributed by atoms with Gasteiger partial charge in [-0.05, 0) is 52.9 Å². The van der Waals surface area contributed by atoms with E-state index in [0.717, 1.165) is 26.2 Å². The van der Waals surface area contributed by atoms with Crippen LogP contribution in [-0.4, -0.2) is 124 Å². The molecule has 14 nitrogen and oxygen atoms in total. The van der Waals surface area contributed by atoms with Crippen LogP contribution in [0.25, 0.3) is 21.8 Å². The fourth-order valence-electron chi connectivity index (χ4n) is 8.24. The summed E-state index contributed by atoms with van der Waals surface area (Å²) in [7, 11) is 4.04. The molecule has 0 bridgehead atoms. The van der Waals surface area contributed by atoms with E-state index in [-0.39, 0.29) is 60.3 Å². The fraction of sp³-hybridized carbons (Fsp3) is 0.500. The van der Waals surface area contributed by atoms with Gasteiger partial charge in [0, 0.05) is 77.8 Å². The number of aromatic nitrogens is 2. The molecule has 16 heteroatoms. The van der Waals surface area contributed by atoms with Crippen molar-refractivity contribution in [3.8, 4) is 11.5 Å². The van der Waals surface area contributed by atoms with Crippen LogP contribution in [0.2, 0.25) is 0 Å². The molecule has 0 radical (unpaired) electrons. The molecule has 0 spiro atoms. The van der Waals surface area contributed by atoms with Crippen molar-refractivity contribution >= 4 is 45.0 Å². The molecule has 6 heterocycles. The van der Waals surface area contributed by atoms with Gasteiger partial charge in [0.25, 0.3) is 11.8 Å². The minimum absolute atomic E-state index is 0.0899. The molecule has 0 unspecified atom stereocenters. The fourth-order valence-corrected chi connectivity index (χ4v) is 8.24. The maximum Gasteiger partial charge on any atom is 0.256 e. The van der Waals surface area contributed by atoms with E-state index < -0.39 is 34.3 Å². The summed E-state index contributed by atoms with van der Waals surface area (Å²) < 4.78 is 47.2. The third kappa shape index (κ3) is 6.61. The number of nitrogens with zero attached hydrogens (tertiary/aromatic N) is 6. The van der Waals surface area contributed by atoms with E-state index in [4.69, 9.17) is 9.47 Å². The van der Waals surface area contributed by atoms with Gasteiger partial charge in [-0.3, -0.25) is 19.2 Å². The molecule has 2 aromatic carbocycles. The lowest BCUT2D eigenvalue weighted by molar-refractivity contribution is 0.0937. The van der Waals surface area contributed by atoms with E-state index >= 15 is 8.78 Å². The molecule has 298 valence electrons. The van der Waals surface area contributed by atoms with Gasteiger partial charge in [0.05, 0.1) is 33.9 Å². The molecule has 2 atom stereocenters. The lowest BCUT2D eigenvalue weighted by atomic mass is 10.0. The topological polar surface area (TPSA) is 134 Å². The number of rotatable bonds is 9. The number of ether oxygens (including phenoxy) is 2. The minimum atomic E-state index is -0.577. The van der Waals surface area contributed by atoms with Gasteiger partial charge >= 0.3 is 0 Å². The van der Waals surface area contributed by atoms with E-state index in [1.54, 1.807) is 0 Å². The zero-order valence-corrected chi connectivity index (χ0v) is 32.3. The van der Waals surface area contributed by atoms with Crippen LogP contribution >= 0.6 is 0 Å². The van der Waals surface area contributed by atoms with Crippen molar-refractivity contribution < 1.29 is 27.8 Å². The number of hydrogen-bond donors (Lipinski definition) is 2. The van der Waals surface area contributed by atoms with Crippen molar-refractivity contribution in [2.45, 2.75) is 38.8 Å². The van der Waals surface area contributed by atoms with Crippen molar-refractivity contribution in [3.63, 3.8) is 0 Å². The summed E-state index contributed by atoms with van der Waals surface area (Å²) in [6.45, 7) is 10.4. The van der Waals surface area contributed by atoms with Gasteiger partial charge in [0.2, 0.25) is 10.9 Å². The third-order valence-electron chi connectivity index (χ3n) is 11.6.